The monoisotopic (exact) mass is 268 g/mol. The predicted octanol–water partition coefficient (Wildman–Crippen LogP) is 2.50. The fourth-order valence-corrected chi connectivity index (χ4v) is 1.91. The predicted molar refractivity (Wildman–Crippen MR) is 74.2 cm³/mol. The van der Waals surface area contributed by atoms with E-state index in [0.717, 1.165) is 5.56 Å². The molecule has 1 aromatic carbocycles. The first-order valence-corrected chi connectivity index (χ1v) is 5.90. The number of aromatic nitrogens is 1. The summed E-state index contributed by atoms with van der Waals surface area (Å²) in [5.74, 6) is 0. The molecule has 0 fully saturated rings. The van der Waals surface area contributed by atoms with Crippen LogP contribution in [0.3, 0.4) is 0 Å². The van der Waals surface area contributed by atoms with Gasteiger partial charge in [0.05, 0.1) is 16.2 Å². The lowest BCUT2D eigenvalue weighted by Crippen LogP contribution is -2.17. The van der Waals surface area contributed by atoms with Gasteiger partial charge in [0.25, 0.3) is 5.69 Å². The maximum atomic E-state index is 10.7. The molecule has 100 valence electrons. The molecule has 1 heterocycles. The summed E-state index contributed by atoms with van der Waals surface area (Å²) in [5.41, 5.74) is 1.85. The Morgan fingerprint density at radius 1 is 1.45 bits per heavy atom. The first-order chi connectivity index (χ1) is 9.61. The number of rotatable bonds is 4. The number of benzene rings is 1. The van der Waals surface area contributed by atoms with Crippen molar-refractivity contribution < 1.29 is 4.92 Å². The molecule has 0 saturated heterocycles. The Kier molecular flexibility index (Phi) is 3.91. The number of anilines is 1. The summed E-state index contributed by atoms with van der Waals surface area (Å²) in [5, 5.41) is 19.8. The van der Waals surface area contributed by atoms with Crippen molar-refractivity contribution in [2.24, 2.45) is 0 Å². The van der Waals surface area contributed by atoms with E-state index in [1.165, 1.54) is 12.1 Å². The van der Waals surface area contributed by atoms with Gasteiger partial charge in [-0.3, -0.25) is 15.1 Å². The molecule has 2 aromatic rings. The fourth-order valence-electron chi connectivity index (χ4n) is 1.91. The molecule has 6 nitrogen and oxygen atoms in total. The number of nitrogens with zero attached hydrogens (tertiary/aromatic N) is 4. The standard InChI is InChI=1S/C14H12N4O2/c1-17(10-11-3-2-6-16-9-11)14-5-4-13(18(19)20)7-12(14)8-15/h2-7,9H,10H2,1H3. The normalized spacial score (nSPS) is 9.80. The van der Waals surface area contributed by atoms with Gasteiger partial charge in [-0.15, -0.1) is 0 Å². The summed E-state index contributed by atoms with van der Waals surface area (Å²) in [4.78, 5) is 16.1. The second-order valence-electron chi connectivity index (χ2n) is 4.29. The third-order valence-electron chi connectivity index (χ3n) is 2.87. The summed E-state index contributed by atoms with van der Waals surface area (Å²) in [7, 11) is 1.83. The Hall–Kier alpha value is -2.94. The molecule has 0 unspecified atom stereocenters. The van der Waals surface area contributed by atoms with Crippen LogP contribution in [0.4, 0.5) is 11.4 Å². The van der Waals surface area contributed by atoms with Crippen LogP contribution in [0, 0.1) is 21.4 Å². The molecule has 6 heteroatoms. The van der Waals surface area contributed by atoms with Gasteiger partial charge in [-0.25, -0.2) is 0 Å². The van der Waals surface area contributed by atoms with Crippen LogP contribution in [0.15, 0.2) is 42.7 Å². The summed E-state index contributed by atoms with van der Waals surface area (Å²) >= 11 is 0. The van der Waals surface area contributed by atoms with E-state index in [2.05, 4.69) is 4.98 Å². The number of hydrogen-bond acceptors (Lipinski definition) is 5. The van der Waals surface area contributed by atoms with Gasteiger partial charge in [0.15, 0.2) is 0 Å². The summed E-state index contributed by atoms with van der Waals surface area (Å²) in [6.07, 6.45) is 3.43. The van der Waals surface area contributed by atoms with Gasteiger partial charge in [-0.2, -0.15) is 5.26 Å². The molecule has 0 radical (unpaired) electrons. The van der Waals surface area contributed by atoms with Crippen molar-refractivity contribution in [2.45, 2.75) is 6.54 Å². The molecule has 0 atom stereocenters. The second kappa shape index (κ2) is 5.80. The Bertz CT molecular complexity index is 665. The minimum absolute atomic E-state index is 0.0833. The van der Waals surface area contributed by atoms with Crippen LogP contribution in [-0.4, -0.2) is 17.0 Å². The van der Waals surface area contributed by atoms with Crippen molar-refractivity contribution in [2.75, 3.05) is 11.9 Å². The smallest absolute Gasteiger partial charge is 0.270 e. The van der Waals surface area contributed by atoms with E-state index in [-0.39, 0.29) is 11.3 Å². The van der Waals surface area contributed by atoms with Crippen molar-refractivity contribution in [1.82, 2.24) is 4.98 Å². The van der Waals surface area contributed by atoms with Crippen LogP contribution in [0.25, 0.3) is 0 Å². The highest BCUT2D eigenvalue weighted by Crippen LogP contribution is 2.25. The number of hydrogen-bond donors (Lipinski definition) is 0. The van der Waals surface area contributed by atoms with Crippen molar-refractivity contribution in [3.8, 4) is 6.07 Å². The minimum Gasteiger partial charge on any atom is -0.369 e. The van der Waals surface area contributed by atoms with E-state index < -0.39 is 4.92 Å². The van der Waals surface area contributed by atoms with E-state index >= 15 is 0 Å². The van der Waals surface area contributed by atoms with Gasteiger partial charge in [0.1, 0.15) is 6.07 Å². The van der Waals surface area contributed by atoms with Crippen LogP contribution in [-0.2, 0) is 6.54 Å². The minimum atomic E-state index is -0.508. The topological polar surface area (TPSA) is 83.1 Å². The zero-order chi connectivity index (χ0) is 14.5. The summed E-state index contributed by atoms with van der Waals surface area (Å²) in [6.45, 7) is 0.570. The molecule has 0 saturated carbocycles. The highest BCUT2D eigenvalue weighted by atomic mass is 16.6. The second-order valence-corrected chi connectivity index (χ2v) is 4.29. The molecular weight excluding hydrogens is 256 g/mol. The summed E-state index contributed by atoms with van der Waals surface area (Å²) in [6, 6.07) is 10.0. The van der Waals surface area contributed by atoms with Crippen LogP contribution >= 0.6 is 0 Å². The van der Waals surface area contributed by atoms with Crippen LogP contribution < -0.4 is 4.90 Å². The van der Waals surface area contributed by atoms with Crippen LogP contribution in [0.5, 0.6) is 0 Å². The zero-order valence-electron chi connectivity index (χ0n) is 10.9. The Morgan fingerprint density at radius 3 is 2.85 bits per heavy atom. The molecule has 0 N–H and O–H groups in total. The number of nitro benzene ring substituents is 1. The molecule has 0 aliphatic carbocycles. The van der Waals surface area contributed by atoms with E-state index in [4.69, 9.17) is 5.26 Å². The van der Waals surface area contributed by atoms with Gasteiger partial charge >= 0.3 is 0 Å². The molecule has 0 bridgehead atoms. The molecule has 0 aliphatic heterocycles. The summed E-state index contributed by atoms with van der Waals surface area (Å²) < 4.78 is 0. The van der Waals surface area contributed by atoms with Gasteiger partial charge in [-0.1, -0.05) is 6.07 Å². The molecule has 0 amide bonds. The van der Waals surface area contributed by atoms with Crippen LogP contribution in [0.1, 0.15) is 11.1 Å². The Labute approximate surface area is 116 Å². The molecule has 20 heavy (non-hydrogen) atoms. The quantitative estimate of drug-likeness (QED) is 0.628. The van der Waals surface area contributed by atoms with Crippen molar-refractivity contribution in [3.63, 3.8) is 0 Å². The highest BCUT2D eigenvalue weighted by Gasteiger charge is 2.13. The Balaban J connectivity index is 2.28. The number of nitro groups is 1. The Morgan fingerprint density at radius 2 is 2.25 bits per heavy atom. The number of nitriles is 1. The molecule has 2 rings (SSSR count). The van der Waals surface area contributed by atoms with Gasteiger partial charge < -0.3 is 4.90 Å². The molecular formula is C14H12N4O2. The average molecular weight is 268 g/mol. The van der Waals surface area contributed by atoms with E-state index in [9.17, 15) is 10.1 Å². The average Bonchev–Trinajstić information content (AvgIpc) is 2.47. The maximum absolute atomic E-state index is 10.7. The van der Waals surface area contributed by atoms with Crippen molar-refractivity contribution in [1.29, 1.82) is 5.26 Å². The first-order valence-electron chi connectivity index (χ1n) is 5.90. The van der Waals surface area contributed by atoms with Crippen molar-refractivity contribution in [3.05, 3.63) is 64.0 Å². The lowest BCUT2D eigenvalue weighted by Gasteiger charge is -2.20. The lowest BCUT2D eigenvalue weighted by molar-refractivity contribution is -0.384. The van der Waals surface area contributed by atoms with Crippen molar-refractivity contribution >= 4 is 11.4 Å². The SMILES string of the molecule is CN(Cc1cccnc1)c1ccc([N+](=O)[O-])cc1C#N. The molecule has 0 spiro atoms. The van der Waals surface area contributed by atoms with E-state index in [1.54, 1.807) is 18.5 Å². The van der Waals surface area contributed by atoms with E-state index in [0.29, 0.717) is 12.2 Å². The largest absolute Gasteiger partial charge is 0.369 e. The number of pyridine rings is 1. The number of non-ortho nitro benzene ring substituents is 1. The van der Waals surface area contributed by atoms with E-state index in [1.807, 2.05) is 30.1 Å². The molecule has 1 aromatic heterocycles. The van der Waals surface area contributed by atoms with Gasteiger partial charge in [0, 0.05) is 38.1 Å². The zero-order valence-corrected chi connectivity index (χ0v) is 10.9. The molecule has 0 aliphatic rings. The highest BCUT2D eigenvalue weighted by molar-refractivity contribution is 5.62. The lowest BCUT2D eigenvalue weighted by atomic mass is 10.1. The van der Waals surface area contributed by atoms with Crippen LogP contribution in [0.2, 0.25) is 0 Å². The third kappa shape index (κ3) is 2.90. The van der Waals surface area contributed by atoms with Gasteiger partial charge in [0.2, 0.25) is 0 Å². The third-order valence-corrected chi connectivity index (χ3v) is 2.87. The van der Waals surface area contributed by atoms with Gasteiger partial charge in [-0.05, 0) is 17.7 Å². The fraction of sp³-hybridized carbons (Fsp3) is 0.143. The maximum Gasteiger partial charge on any atom is 0.270 e. The first kappa shape index (κ1) is 13.5.